The second-order valence-electron chi connectivity index (χ2n) is 8.93. The number of nitrogens with zero attached hydrogens (tertiary/aromatic N) is 1. The number of para-hydroxylation sites is 2. The van der Waals surface area contributed by atoms with Gasteiger partial charge in [0.15, 0.2) is 0 Å². The molecule has 7 nitrogen and oxygen atoms in total. The predicted molar refractivity (Wildman–Crippen MR) is 138 cm³/mol. The summed E-state index contributed by atoms with van der Waals surface area (Å²) in [6, 6.07) is 21.1. The standard InChI is InChI=1S/C28H30N4O3/c1-2-35-26-10-6-5-9-24(26)31-28(34)30-22-13-14-25(23(17-22)27(33)29-21-11-12-21)32-16-15-19-7-3-4-8-20(19)18-32/h3-10,13-14,17,21H,2,11-12,15-16,18H2,1H3,(H,29,33)(H2,30,31,34). The first-order valence-corrected chi connectivity index (χ1v) is 12.2. The molecule has 2 aliphatic rings. The van der Waals surface area contributed by atoms with Crippen molar-refractivity contribution < 1.29 is 14.3 Å². The summed E-state index contributed by atoms with van der Waals surface area (Å²) in [6.07, 6.45) is 2.96. The van der Waals surface area contributed by atoms with E-state index >= 15 is 0 Å². The lowest BCUT2D eigenvalue weighted by atomic mass is 9.98. The molecule has 1 saturated carbocycles. The number of hydrogen-bond acceptors (Lipinski definition) is 4. The Labute approximate surface area is 205 Å². The van der Waals surface area contributed by atoms with Crippen LogP contribution in [0.25, 0.3) is 0 Å². The van der Waals surface area contributed by atoms with Crippen molar-refractivity contribution in [3.63, 3.8) is 0 Å². The van der Waals surface area contributed by atoms with Gasteiger partial charge in [0, 0.05) is 30.5 Å². The monoisotopic (exact) mass is 470 g/mol. The first-order chi connectivity index (χ1) is 17.1. The Bertz CT molecular complexity index is 1240. The van der Waals surface area contributed by atoms with E-state index in [0.29, 0.717) is 29.3 Å². The summed E-state index contributed by atoms with van der Waals surface area (Å²) in [4.78, 5) is 28.2. The lowest BCUT2D eigenvalue weighted by Crippen LogP contribution is -2.33. The highest BCUT2D eigenvalue weighted by Crippen LogP contribution is 2.31. The Balaban J connectivity index is 1.36. The van der Waals surface area contributed by atoms with Crippen LogP contribution in [0.5, 0.6) is 5.75 Å². The van der Waals surface area contributed by atoms with Crippen molar-refractivity contribution in [3.8, 4) is 5.75 Å². The van der Waals surface area contributed by atoms with E-state index < -0.39 is 6.03 Å². The summed E-state index contributed by atoms with van der Waals surface area (Å²) in [5, 5.41) is 8.80. The number of ether oxygens (including phenoxy) is 1. The maximum absolute atomic E-state index is 13.2. The first kappa shape index (κ1) is 22.8. The number of rotatable bonds is 7. The number of hydrogen-bond donors (Lipinski definition) is 3. The fourth-order valence-corrected chi connectivity index (χ4v) is 4.40. The summed E-state index contributed by atoms with van der Waals surface area (Å²) < 4.78 is 5.59. The van der Waals surface area contributed by atoms with Gasteiger partial charge in [-0.1, -0.05) is 36.4 Å². The van der Waals surface area contributed by atoms with E-state index in [1.165, 1.54) is 11.1 Å². The lowest BCUT2D eigenvalue weighted by molar-refractivity contribution is 0.0951. The van der Waals surface area contributed by atoms with Gasteiger partial charge in [0.05, 0.1) is 17.9 Å². The maximum atomic E-state index is 13.2. The number of fused-ring (bicyclic) bond motifs is 1. The fraction of sp³-hybridized carbons (Fsp3) is 0.286. The van der Waals surface area contributed by atoms with Gasteiger partial charge in [-0.2, -0.15) is 0 Å². The number of nitrogens with one attached hydrogen (secondary N) is 3. The summed E-state index contributed by atoms with van der Waals surface area (Å²) in [5.41, 5.74) is 5.23. The molecule has 1 aliphatic carbocycles. The molecule has 0 saturated heterocycles. The number of amides is 3. The Morgan fingerprint density at radius 3 is 2.54 bits per heavy atom. The zero-order chi connectivity index (χ0) is 24.2. The van der Waals surface area contributed by atoms with Crippen molar-refractivity contribution in [1.29, 1.82) is 0 Å². The third-order valence-corrected chi connectivity index (χ3v) is 6.32. The van der Waals surface area contributed by atoms with Crippen molar-refractivity contribution in [1.82, 2.24) is 5.32 Å². The molecule has 7 heteroatoms. The molecule has 0 unspecified atom stereocenters. The highest BCUT2D eigenvalue weighted by molar-refractivity contribution is 6.04. The predicted octanol–water partition coefficient (Wildman–Crippen LogP) is 5.18. The fourth-order valence-electron chi connectivity index (χ4n) is 4.40. The zero-order valence-corrected chi connectivity index (χ0v) is 19.8. The Morgan fingerprint density at radius 2 is 1.74 bits per heavy atom. The molecule has 5 rings (SSSR count). The normalized spacial score (nSPS) is 14.6. The highest BCUT2D eigenvalue weighted by atomic mass is 16.5. The van der Waals surface area contributed by atoms with E-state index in [0.717, 1.165) is 38.0 Å². The van der Waals surface area contributed by atoms with E-state index in [2.05, 4.69) is 45.1 Å². The summed E-state index contributed by atoms with van der Waals surface area (Å²) >= 11 is 0. The van der Waals surface area contributed by atoms with Crippen molar-refractivity contribution in [2.45, 2.75) is 38.8 Å². The van der Waals surface area contributed by atoms with Crippen LogP contribution in [-0.4, -0.2) is 31.1 Å². The topological polar surface area (TPSA) is 82.7 Å². The average molecular weight is 471 g/mol. The largest absolute Gasteiger partial charge is 0.492 e. The van der Waals surface area contributed by atoms with Crippen LogP contribution in [0.15, 0.2) is 66.7 Å². The van der Waals surface area contributed by atoms with Gasteiger partial charge in [-0.25, -0.2) is 4.79 Å². The van der Waals surface area contributed by atoms with E-state index in [4.69, 9.17) is 4.74 Å². The molecule has 3 amide bonds. The Morgan fingerprint density at radius 1 is 0.971 bits per heavy atom. The van der Waals surface area contributed by atoms with Crippen LogP contribution < -0.4 is 25.6 Å². The number of benzene rings is 3. The first-order valence-electron chi connectivity index (χ1n) is 12.2. The molecule has 0 spiro atoms. The van der Waals surface area contributed by atoms with Crippen LogP contribution in [0.4, 0.5) is 21.9 Å². The van der Waals surface area contributed by atoms with Crippen LogP contribution in [0, 0.1) is 0 Å². The van der Waals surface area contributed by atoms with Crippen molar-refractivity contribution in [3.05, 3.63) is 83.4 Å². The second-order valence-corrected chi connectivity index (χ2v) is 8.93. The van der Waals surface area contributed by atoms with Gasteiger partial charge in [-0.05, 0) is 67.6 Å². The molecule has 0 bridgehead atoms. The van der Waals surface area contributed by atoms with Crippen molar-refractivity contribution in [2.24, 2.45) is 0 Å². The molecular weight excluding hydrogens is 440 g/mol. The van der Waals surface area contributed by atoms with Gasteiger partial charge < -0.3 is 25.6 Å². The molecule has 1 fully saturated rings. The van der Waals surface area contributed by atoms with E-state index in [-0.39, 0.29) is 11.9 Å². The van der Waals surface area contributed by atoms with Gasteiger partial charge in [-0.15, -0.1) is 0 Å². The molecule has 3 N–H and O–H groups in total. The van der Waals surface area contributed by atoms with Crippen LogP contribution in [-0.2, 0) is 13.0 Å². The quantitative estimate of drug-likeness (QED) is 0.444. The zero-order valence-electron chi connectivity index (χ0n) is 19.8. The molecule has 180 valence electrons. The summed E-state index contributed by atoms with van der Waals surface area (Å²) in [5.74, 6) is 0.502. The maximum Gasteiger partial charge on any atom is 0.323 e. The second kappa shape index (κ2) is 10.1. The van der Waals surface area contributed by atoms with Crippen LogP contribution in [0.1, 0.15) is 41.3 Å². The van der Waals surface area contributed by atoms with Gasteiger partial charge >= 0.3 is 6.03 Å². The van der Waals surface area contributed by atoms with Gasteiger partial charge in [-0.3, -0.25) is 4.79 Å². The van der Waals surface area contributed by atoms with Crippen molar-refractivity contribution >= 4 is 29.0 Å². The molecule has 35 heavy (non-hydrogen) atoms. The molecule has 3 aromatic rings. The minimum atomic E-state index is -0.398. The summed E-state index contributed by atoms with van der Waals surface area (Å²) in [7, 11) is 0. The molecule has 1 aliphatic heterocycles. The van der Waals surface area contributed by atoms with E-state index in [9.17, 15) is 9.59 Å². The lowest BCUT2D eigenvalue weighted by Gasteiger charge is -2.32. The van der Waals surface area contributed by atoms with Gasteiger partial charge in [0.2, 0.25) is 0 Å². The van der Waals surface area contributed by atoms with Gasteiger partial charge in [0.1, 0.15) is 5.75 Å². The van der Waals surface area contributed by atoms with Crippen LogP contribution in [0.3, 0.4) is 0 Å². The third-order valence-electron chi connectivity index (χ3n) is 6.32. The third kappa shape index (κ3) is 5.40. The number of carbonyl (C=O) groups excluding carboxylic acids is 2. The molecule has 3 aromatic carbocycles. The minimum Gasteiger partial charge on any atom is -0.492 e. The molecular formula is C28H30N4O3. The minimum absolute atomic E-state index is 0.105. The van der Waals surface area contributed by atoms with Crippen LogP contribution in [0.2, 0.25) is 0 Å². The Kier molecular flexibility index (Phi) is 6.57. The van der Waals surface area contributed by atoms with Crippen molar-refractivity contribution in [2.75, 3.05) is 28.7 Å². The molecule has 0 atom stereocenters. The van der Waals surface area contributed by atoms with Crippen LogP contribution >= 0.6 is 0 Å². The number of carbonyl (C=O) groups is 2. The Hall–Kier alpha value is -4.00. The smallest absolute Gasteiger partial charge is 0.323 e. The molecule has 0 aromatic heterocycles. The summed E-state index contributed by atoms with van der Waals surface area (Å²) in [6.45, 7) is 3.99. The average Bonchev–Trinajstić information content (AvgIpc) is 3.69. The highest BCUT2D eigenvalue weighted by Gasteiger charge is 2.27. The van der Waals surface area contributed by atoms with E-state index in [1.54, 1.807) is 12.1 Å². The SMILES string of the molecule is CCOc1ccccc1NC(=O)Nc1ccc(N2CCc3ccccc3C2)c(C(=O)NC2CC2)c1. The van der Waals surface area contributed by atoms with Gasteiger partial charge in [0.25, 0.3) is 5.91 Å². The number of urea groups is 1. The number of anilines is 3. The molecule has 1 heterocycles. The van der Waals surface area contributed by atoms with E-state index in [1.807, 2.05) is 37.3 Å². The molecule has 0 radical (unpaired) electrons.